The number of hydrogen-bond acceptors (Lipinski definition) is 3. The fraction of sp³-hybridized carbons (Fsp3) is 0.357. The maximum atomic E-state index is 6.05. The molecule has 102 valence electrons. The molecule has 0 saturated heterocycles. The van der Waals surface area contributed by atoms with Gasteiger partial charge in [0.2, 0.25) is 0 Å². The first-order chi connectivity index (χ1) is 9.11. The van der Waals surface area contributed by atoms with Gasteiger partial charge < -0.3 is 10.1 Å². The van der Waals surface area contributed by atoms with Crippen molar-refractivity contribution in [3.05, 3.63) is 46.7 Å². The third-order valence-corrected chi connectivity index (χ3v) is 3.41. The van der Waals surface area contributed by atoms with Crippen molar-refractivity contribution >= 4 is 11.6 Å². The third kappa shape index (κ3) is 3.28. The molecular formula is C14H18ClN3O. The zero-order valence-corrected chi connectivity index (χ0v) is 12.1. The van der Waals surface area contributed by atoms with E-state index in [1.807, 2.05) is 36.0 Å². The molecule has 0 spiro atoms. The Kier molecular flexibility index (Phi) is 4.45. The zero-order valence-electron chi connectivity index (χ0n) is 11.4. The summed E-state index contributed by atoms with van der Waals surface area (Å²) in [5, 5.41) is 8.30. The van der Waals surface area contributed by atoms with Gasteiger partial charge in [0.15, 0.2) is 0 Å². The van der Waals surface area contributed by atoms with Gasteiger partial charge in [-0.1, -0.05) is 11.6 Å². The molecule has 0 radical (unpaired) electrons. The largest absolute Gasteiger partial charge is 0.496 e. The SMILES string of the molecule is COc1ccc(Cl)cc1[C@H](C)NCc1ccnn1C. The second-order valence-corrected chi connectivity index (χ2v) is 4.87. The summed E-state index contributed by atoms with van der Waals surface area (Å²) >= 11 is 6.05. The van der Waals surface area contributed by atoms with Crippen LogP contribution in [0.5, 0.6) is 5.75 Å². The summed E-state index contributed by atoms with van der Waals surface area (Å²) in [6, 6.07) is 7.79. The van der Waals surface area contributed by atoms with Crippen molar-refractivity contribution in [2.45, 2.75) is 19.5 Å². The normalized spacial score (nSPS) is 12.4. The number of nitrogens with zero attached hydrogens (tertiary/aromatic N) is 2. The van der Waals surface area contributed by atoms with Gasteiger partial charge in [-0.05, 0) is 31.2 Å². The fourth-order valence-corrected chi connectivity index (χ4v) is 2.17. The Labute approximate surface area is 118 Å². The number of rotatable bonds is 5. The van der Waals surface area contributed by atoms with Gasteiger partial charge in [-0.25, -0.2) is 0 Å². The Morgan fingerprint density at radius 1 is 1.42 bits per heavy atom. The van der Waals surface area contributed by atoms with Crippen LogP contribution < -0.4 is 10.1 Å². The number of benzene rings is 1. The number of halogens is 1. The number of methoxy groups -OCH3 is 1. The molecular weight excluding hydrogens is 262 g/mol. The maximum absolute atomic E-state index is 6.05. The van der Waals surface area contributed by atoms with E-state index in [0.717, 1.165) is 23.6 Å². The third-order valence-electron chi connectivity index (χ3n) is 3.17. The van der Waals surface area contributed by atoms with Gasteiger partial charge in [0, 0.05) is 36.4 Å². The topological polar surface area (TPSA) is 39.1 Å². The molecule has 2 aromatic rings. The van der Waals surface area contributed by atoms with Gasteiger partial charge in [0.1, 0.15) is 5.75 Å². The van der Waals surface area contributed by atoms with Crippen LogP contribution >= 0.6 is 11.6 Å². The van der Waals surface area contributed by atoms with Gasteiger partial charge in [-0.2, -0.15) is 5.10 Å². The van der Waals surface area contributed by atoms with Gasteiger partial charge in [0.25, 0.3) is 0 Å². The van der Waals surface area contributed by atoms with Crippen LogP contribution in [0, 0.1) is 0 Å². The highest BCUT2D eigenvalue weighted by molar-refractivity contribution is 6.30. The molecule has 0 amide bonds. The summed E-state index contributed by atoms with van der Waals surface area (Å²) in [6.45, 7) is 2.83. The standard InChI is InChI=1S/C14H18ClN3O/c1-10(16-9-12-6-7-17-18(12)2)13-8-11(15)4-5-14(13)19-3/h4-8,10,16H,9H2,1-3H3/t10-/m0/s1. The Morgan fingerprint density at radius 3 is 2.84 bits per heavy atom. The van der Waals surface area contributed by atoms with E-state index >= 15 is 0 Å². The van der Waals surface area contributed by atoms with Crippen molar-refractivity contribution < 1.29 is 4.74 Å². The lowest BCUT2D eigenvalue weighted by atomic mass is 10.1. The summed E-state index contributed by atoms with van der Waals surface area (Å²) in [6.07, 6.45) is 1.79. The fourth-order valence-electron chi connectivity index (χ4n) is 1.99. The van der Waals surface area contributed by atoms with Crippen LogP contribution in [-0.4, -0.2) is 16.9 Å². The van der Waals surface area contributed by atoms with Crippen molar-refractivity contribution in [3.8, 4) is 5.75 Å². The molecule has 0 saturated carbocycles. The van der Waals surface area contributed by atoms with Crippen molar-refractivity contribution in [1.29, 1.82) is 0 Å². The summed E-state index contributed by atoms with van der Waals surface area (Å²) in [7, 11) is 3.60. The maximum Gasteiger partial charge on any atom is 0.123 e. The number of nitrogens with one attached hydrogen (secondary N) is 1. The Bertz CT molecular complexity index is 553. The Balaban J connectivity index is 2.09. The minimum atomic E-state index is 0.142. The second-order valence-electron chi connectivity index (χ2n) is 4.44. The predicted molar refractivity (Wildman–Crippen MR) is 76.5 cm³/mol. The van der Waals surface area contributed by atoms with E-state index in [-0.39, 0.29) is 6.04 Å². The van der Waals surface area contributed by atoms with Gasteiger partial charge in [-0.15, -0.1) is 0 Å². The Hall–Kier alpha value is -1.52. The molecule has 0 unspecified atom stereocenters. The lowest BCUT2D eigenvalue weighted by Gasteiger charge is -2.17. The van der Waals surface area contributed by atoms with Crippen molar-refractivity contribution in [2.75, 3.05) is 7.11 Å². The molecule has 0 aliphatic carbocycles. The molecule has 1 heterocycles. The second kappa shape index (κ2) is 6.08. The lowest BCUT2D eigenvalue weighted by Crippen LogP contribution is -2.20. The minimum Gasteiger partial charge on any atom is -0.496 e. The van der Waals surface area contributed by atoms with Gasteiger partial charge in [0.05, 0.1) is 12.8 Å². The minimum absolute atomic E-state index is 0.142. The van der Waals surface area contributed by atoms with Crippen LogP contribution in [0.4, 0.5) is 0 Å². The quantitative estimate of drug-likeness (QED) is 0.915. The molecule has 0 fully saturated rings. The van der Waals surface area contributed by atoms with E-state index in [1.54, 1.807) is 13.3 Å². The summed E-state index contributed by atoms with van der Waals surface area (Å²) in [5.74, 6) is 0.842. The van der Waals surface area contributed by atoms with Crippen LogP contribution in [0.1, 0.15) is 24.2 Å². The van der Waals surface area contributed by atoms with Crippen LogP contribution in [0.15, 0.2) is 30.5 Å². The van der Waals surface area contributed by atoms with E-state index in [4.69, 9.17) is 16.3 Å². The average Bonchev–Trinajstić information content (AvgIpc) is 2.81. The average molecular weight is 280 g/mol. The molecule has 1 aromatic carbocycles. The smallest absolute Gasteiger partial charge is 0.123 e. The van der Waals surface area contributed by atoms with Crippen molar-refractivity contribution in [3.63, 3.8) is 0 Å². The molecule has 1 aromatic heterocycles. The molecule has 1 N–H and O–H groups in total. The monoisotopic (exact) mass is 279 g/mol. The molecule has 4 nitrogen and oxygen atoms in total. The number of aryl methyl sites for hydroxylation is 1. The van der Waals surface area contributed by atoms with Crippen molar-refractivity contribution in [1.82, 2.24) is 15.1 Å². The number of hydrogen-bond donors (Lipinski definition) is 1. The highest BCUT2D eigenvalue weighted by Crippen LogP contribution is 2.28. The van der Waals surface area contributed by atoms with E-state index < -0.39 is 0 Å². The zero-order chi connectivity index (χ0) is 13.8. The lowest BCUT2D eigenvalue weighted by molar-refractivity contribution is 0.401. The molecule has 19 heavy (non-hydrogen) atoms. The molecule has 0 bridgehead atoms. The highest BCUT2D eigenvalue weighted by Gasteiger charge is 2.12. The first-order valence-corrected chi connectivity index (χ1v) is 6.53. The summed E-state index contributed by atoms with van der Waals surface area (Å²) < 4.78 is 7.22. The predicted octanol–water partition coefficient (Wildman–Crippen LogP) is 2.93. The molecule has 0 aliphatic rings. The van der Waals surface area contributed by atoms with E-state index in [9.17, 15) is 0 Å². The van der Waals surface area contributed by atoms with Crippen LogP contribution in [-0.2, 0) is 13.6 Å². The van der Waals surface area contributed by atoms with E-state index in [0.29, 0.717) is 5.02 Å². The Morgan fingerprint density at radius 2 is 2.21 bits per heavy atom. The van der Waals surface area contributed by atoms with Crippen LogP contribution in [0.3, 0.4) is 0 Å². The van der Waals surface area contributed by atoms with Crippen LogP contribution in [0.25, 0.3) is 0 Å². The first-order valence-electron chi connectivity index (χ1n) is 6.15. The highest BCUT2D eigenvalue weighted by atomic mass is 35.5. The number of aromatic nitrogens is 2. The first kappa shape index (κ1) is 13.9. The molecule has 0 aliphatic heterocycles. The summed E-state index contributed by atoms with van der Waals surface area (Å²) in [4.78, 5) is 0. The van der Waals surface area contributed by atoms with E-state index in [2.05, 4.69) is 17.3 Å². The summed E-state index contributed by atoms with van der Waals surface area (Å²) in [5.41, 5.74) is 2.19. The van der Waals surface area contributed by atoms with Gasteiger partial charge >= 0.3 is 0 Å². The van der Waals surface area contributed by atoms with Crippen molar-refractivity contribution in [2.24, 2.45) is 7.05 Å². The van der Waals surface area contributed by atoms with E-state index in [1.165, 1.54) is 0 Å². The van der Waals surface area contributed by atoms with Gasteiger partial charge in [-0.3, -0.25) is 4.68 Å². The van der Waals surface area contributed by atoms with Crippen LogP contribution in [0.2, 0.25) is 5.02 Å². The number of ether oxygens (including phenoxy) is 1. The molecule has 1 atom stereocenters. The molecule has 2 rings (SSSR count). The molecule has 5 heteroatoms.